The largest absolute Gasteiger partial charge is 0.344 e. The van der Waals surface area contributed by atoms with Gasteiger partial charge in [-0.1, -0.05) is 176 Å². The highest BCUT2D eigenvalue weighted by Gasteiger charge is 2.22. The third kappa shape index (κ3) is 5.55. The van der Waals surface area contributed by atoms with Crippen LogP contribution in [0.5, 0.6) is 0 Å². The van der Waals surface area contributed by atoms with Crippen LogP contribution in [-0.4, -0.2) is 11.7 Å². The predicted molar refractivity (Wildman–Crippen MR) is 210 cm³/mol. The van der Waals surface area contributed by atoms with Crippen LogP contribution in [0.3, 0.4) is 0 Å². The second-order valence-electron chi connectivity index (χ2n) is 12.6. The highest BCUT2D eigenvalue weighted by Crippen LogP contribution is 2.36. The molecule has 1 heterocycles. The molecule has 0 aromatic heterocycles. The number of hydrogen-bond donors (Lipinski definition) is 1. The summed E-state index contributed by atoms with van der Waals surface area (Å²) in [5.74, 6) is 1.51. The molecule has 9 rings (SSSR count). The number of aliphatic imine (C=N–C) groups is 2. The van der Waals surface area contributed by atoms with E-state index in [-0.39, 0.29) is 6.17 Å². The van der Waals surface area contributed by atoms with Crippen molar-refractivity contribution in [1.29, 1.82) is 0 Å². The smallest absolute Gasteiger partial charge is 0.159 e. The summed E-state index contributed by atoms with van der Waals surface area (Å²) in [6.45, 7) is 0. The normalized spacial score (nSPS) is 14.2. The second kappa shape index (κ2) is 12.8. The van der Waals surface area contributed by atoms with E-state index in [0.717, 1.165) is 33.7 Å². The first-order valence-electron chi connectivity index (χ1n) is 17.0. The summed E-state index contributed by atoms with van der Waals surface area (Å²) < 4.78 is 0. The summed E-state index contributed by atoms with van der Waals surface area (Å²) in [6, 6.07) is 66.5. The van der Waals surface area contributed by atoms with Gasteiger partial charge in [0.15, 0.2) is 5.84 Å². The zero-order valence-electron chi connectivity index (χ0n) is 27.4. The molecule has 0 fully saturated rings. The van der Waals surface area contributed by atoms with Gasteiger partial charge in [0, 0.05) is 11.1 Å². The van der Waals surface area contributed by atoms with E-state index >= 15 is 0 Å². The van der Waals surface area contributed by atoms with E-state index in [2.05, 4.69) is 175 Å². The summed E-state index contributed by atoms with van der Waals surface area (Å²) in [6.07, 6.45) is -0.317. The van der Waals surface area contributed by atoms with E-state index in [1.54, 1.807) is 0 Å². The average molecular weight is 640 g/mol. The lowest BCUT2D eigenvalue weighted by Crippen LogP contribution is -2.33. The van der Waals surface area contributed by atoms with E-state index in [1.807, 2.05) is 18.2 Å². The van der Waals surface area contributed by atoms with Crippen LogP contribution < -0.4 is 5.32 Å². The fourth-order valence-corrected chi connectivity index (χ4v) is 7.09. The minimum Gasteiger partial charge on any atom is -0.344 e. The summed E-state index contributed by atoms with van der Waals surface area (Å²) in [7, 11) is 0. The Morgan fingerprint density at radius 2 is 0.900 bits per heavy atom. The highest BCUT2D eigenvalue weighted by molar-refractivity contribution is 6.14. The quantitative estimate of drug-likeness (QED) is 0.193. The van der Waals surface area contributed by atoms with Gasteiger partial charge >= 0.3 is 0 Å². The molecule has 1 unspecified atom stereocenters. The van der Waals surface area contributed by atoms with Gasteiger partial charge < -0.3 is 5.32 Å². The first kappa shape index (κ1) is 29.6. The number of rotatable bonds is 6. The van der Waals surface area contributed by atoms with Crippen molar-refractivity contribution in [2.75, 3.05) is 0 Å². The molecule has 3 nitrogen and oxygen atoms in total. The van der Waals surface area contributed by atoms with Gasteiger partial charge in [-0.2, -0.15) is 0 Å². The zero-order valence-corrected chi connectivity index (χ0v) is 27.4. The number of nitrogens with zero attached hydrogens (tertiary/aromatic N) is 2. The molecule has 0 amide bonds. The minimum absolute atomic E-state index is 0.317. The van der Waals surface area contributed by atoms with Gasteiger partial charge in [0.25, 0.3) is 0 Å². The monoisotopic (exact) mass is 639 g/mol. The van der Waals surface area contributed by atoms with Gasteiger partial charge in [-0.05, 0) is 72.6 Å². The Morgan fingerprint density at radius 1 is 0.380 bits per heavy atom. The minimum atomic E-state index is -0.317. The van der Waals surface area contributed by atoms with Crippen molar-refractivity contribution in [2.24, 2.45) is 9.98 Å². The molecule has 0 saturated heterocycles. The molecular weight excluding hydrogens is 607 g/mol. The fourth-order valence-electron chi connectivity index (χ4n) is 7.09. The molecule has 0 saturated carbocycles. The van der Waals surface area contributed by atoms with Crippen LogP contribution in [0, 0.1) is 0 Å². The van der Waals surface area contributed by atoms with Crippen LogP contribution in [0.4, 0.5) is 0 Å². The Bertz CT molecular complexity index is 2560. The lowest BCUT2D eigenvalue weighted by atomic mass is 9.91. The van der Waals surface area contributed by atoms with Gasteiger partial charge in [-0.15, -0.1) is 0 Å². The van der Waals surface area contributed by atoms with Gasteiger partial charge in [0.05, 0.1) is 0 Å². The van der Waals surface area contributed by atoms with E-state index in [9.17, 15) is 0 Å². The van der Waals surface area contributed by atoms with Gasteiger partial charge in [-0.25, -0.2) is 9.98 Å². The van der Waals surface area contributed by atoms with E-state index in [1.165, 1.54) is 43.8 Å². The summed E-state index contributed by atoms with van der Waals surface area (Å²) in [4.78, 5) is 10.3. The summed E-state index contributed by atoms with van der Waals surface area (Å²) in [5, 5.41) is 8.63. The first-order valence-corrected chi connectivity index (χ1v) is 17.0. The molecule has 0 aliphatic carbocycles. The van der Waals surface area contributed by atoms with Gasteiger partial charge in [0.1, 0.15) is 12.0 Å². The number of benzene rings is 8. The Balaban J connectivity index is 1.12. The van der Waals surface area contributed by atoms with Crippen LogP contribution in [0.1, 0.15) is 22.9 Å². The average Bonchev–Trinajstić information content (AvgIpc) is 3.21. The molecule has 1 aliphatic rings. The standard InChI is InChI=1S/C47H33N3/c1-3-14-32(15-4-1)41-28-29-42(44-26-10-9-25-43(41)44)36-21-12-23-38(31-36)47-49-45(34-17-5-2-6-18-34)48-46(50-47)37-22-11-20-35(30-37)40-27-13-19-33-16-7-8-24-39(33)40/h1-31,46H,(H,48,49,50). The molecule has 1 N–H and O–H groups in total. The number of nitrogens with one attached hydrogen (secondary N) is 1. The van der Waals surface area contributed by atoms with Crippen molar-refractivity contribution in [1.82, 2.24) is 5.32 Å². The van der Waals surface area contributed by atoms with Gasteiger partial charge in [-0.3, -0.25) is 0 Å². The van der Waals surface area contributed by atoms with Crippen molar-refractivity contribution in [2.45, 2.75) is 6.17 Å². The molecule has 0 radical (unpaired) electrons. The predicted octanol–water partition coefficient (Wildman–Crippen LogP) is 11.5. The molecular formula is C47H33N3. The third-order valence-electron chi connectivity index (χ3n) is 9.53. The number of amidine groups is 2. The van der Waals surface area contributed by atoms with Crippen molar-refractivity contribution in [3.63, 3.8) is 0 Å². The maximum atomic E-state index is 5.17. The molecule has 8 aromatic rings. The Kier molecular flexibility index (Phi) is 7.56. The number of hydrogen-bond acceptors (Lipinski definition) is 3. The maximum Gasteiger partial charge on any atom is 0.159 e. The molecule has 236 valence electrons. The van der Waals surface area contributed by atoms with Crippen LogP contribution >= 0.6 is 0 Å². The van der Waals surface area contributed by atoms with E-state index in [4.69, 9.17) is 9.98 Å². The van der Waals surface area contributed by atoms with E-state index in [0.29, 0.717) is 5.84 Å². The highest BCUT2D eigenvalue weighted by atomic mass is 15.2. The molecule has 1 atom stereocenters. The second-order valence-corrected chi connectivity index (χ2v) is 12.6. The Hall–Kier alpha value is -6.58. The molecule has 0 spiro atoms. The SMILES string of the molecule is c1ccc(C2=NC(c3cccc(-c4cccc5ccccc45)c3)NC(c3cccc(-c4ccc(-c5ccccc5)c5ccccc45)c3)=N2)cc1. The lowest BCUT2D eigenvalue weighted by molar-refractivity contribution is 0.674. The van der Waals surface area contributed by atoms with Crippen molar-refractivity contribution < 1.29 is 0 Å². The van der Waals surface area contributed by atoms with Crippen LogP contribution in [-0.2, 0) is 0 Å². The van der Waals surface area contributed by atoms with E-state index < -0.39 is 0 Å². The molecule has 8 aromatic carbocycles. The summed E-state index contributed by atoms with van der Waals surface area (Å²) in [5.41, 5.74) is 10.2. The molecule has 1 aliphatic heterocycles. The van der Waals surface area contributed by atoms with Crippen molar-refractivity contribution in [3.8, 4) is 33.4 Å². The topological polar surface area (TPSA) is 36.8 Å². The third-order valence-corrected chi connectivity index (χ3v) is 9.53. The van der Waals surface area contributed by atoms with Gasteiger partial charge in [0.2, 0.25) is 0 Å². The van der Waals surface area contributed by atoms with Crippen molar-refractivity contribution >= 4 is 33.2 Å². The number of fused-ring (bicyclic) bond motifs is 2. The van der Waals surface area contributed by atoms with Crippen LogP contribution in [0.2, 0.25) is 0 Å². The molecule has 0 bridgehead atoms. The van der Waals surface area contributed by atoms with Crippen molar-refractivity contribution in [3.05, 3.63) is 205 Å². The Labute approximate surface area is 292 Å². The maximum absolute atomic E-state index is 5.17. The Morgan fingerprint density at radius 3 is 1.66 bits per heavy atom. The summed E-state index contributed by atoms with van der Waals surface area (Å²) >= 11 is 0. The van der Waals surface area contributed by atoms with Crippen LogP contribution in [0.25, 0.3) is 54.9 Å². The first-order chi connectivity index (χ1) is 24.8. The molecule has 50 heavy (non-hydrogen) atoms. The lowest BCUT2D eigenvalue weighted by Gasteiger charge is -2.24. The van der Waals surface area contributed by atoms with Crippen LogP contribution in [0.15, 0.2) is 198 Å². The zero-order chi connectivity index (χ0) is 33.3. The molecule has 3 heteroatoms. The fraction of sp³-hybridized carbons (Fsp3) is 0.0213.